The number of carbonyl (C=O) groups is 1. The lowest BCUT2D eigenvalue weighted by molar-refractivity contribution is -0.138. The van der Waals surface area contributed by atoms with Crippen molar-refractivity contribution in [3.63, 3.8) is 0 Å². The number of fused-ring (bicyclic) bond motifs is 2. The van der Waals surface area contributed by atoms with Crippen molar-refractivity contribution < 1.29 is 14.6 Å². The fraction of sp³-hybridized carbons (Fsp3) is 0.811. The van der Waals surface area contributed by atoms with Crippen LogP contribution in [-0.4, -0.2) is 104 Å². The molecule has 3 N–H and O–H groups in total. The Morgan fingerprint density at radius 1 is 0.932 bits per heavy atom. The lowest BCUT2D eigenvalue weighted by Gasteiger charge is -2.43. The van der Waals surface area contributed by atoms with E-state index in [1.165, 1.54) is 100 Å². The monoisotopic (exact) mass is 619 g/mol. The van der Waals surface area contributed by atoms with Gasteiger partial charge in [0.25, 0.3) is 0 Å². The van der Waals surface area contributed by atoms with E-state index < -0.39 is 0 Å². The van der Waals surface area contributed by atoms with Crippen LogP contribution >= 0.6 is 0 Å². The number of carbonyl (C=O) groups excluding carboxylic acids is 1. The minimum absolute atomic E-state index is 0.0739. The Morgan fingerprint density at radius 2 is 1.43 bits per heavy atom. The van der Waals surface area contributed by atoms with E-state index in [2.05, 4.69) is 62.3 Å². The highest BCUT2D eigenvalue weighted by atomic mass is 16.5. The summed E-state index contributed by atoms with van der Waals surface area (Å²) < 4.78 is 5.92. The molecule has 7 nitrogen and oxygen atoms in total. The molecule has 44 heavy (non-hydrogen) atoms. The number of aliphatic hydroxyl groups excluding tert-OH is 1. The number of allylic oxidation sites excluding steroid dienone is 6. The predicted molar refractivity (Wildman–Crippen MR) is 188 cm³/mol. The number of ether oxygens (including phenoxy) is 1. The fourth-order valence-corrected chi connectivity index (χ4v) is 7.84. The molecule has 256 valence electrons. The molecule has 5 rings (SSSR count). The van der Waals surface area contributed by atoms with Crippen LogP contribution in [0.3, 0.4) is 0 Å². The van der Waals surface area contributed by atoms with Gasteiger partial charge in [0.05, 0.1) is 0 Å². The third kappa shape index (κ3) is 10.5. The number of nitrogens with zero attached hydrogens (tertiary/aromatic N) is 3. The molecule has 2 bridgehead atoms. The molecule has 0 aromatic carbocycles. The predicted octanol–water partition coefficient (Wildman–Crippen LogP) is 6.57. The fourth-order valence-electron chi connectivity index (χ4n) is 7.84. The highest BCUT2D eigenvalue weighted by molar-refractivity contribution is 5.77. The zero-order chi connectivity index (χ0) is 33.3. The van der Waals surface area contributed by atoms with E-state index in [4.69, 9.17) is 9.84 Å². The number of aliphatic hydroxyl groups is 1. The smallest absolute Gasteiger partial charge is 0.248 e. The molecule has 1 amide bonds. The Hall–Kier alpha value is -1.51. The van der Waals surface area contributed by atoms with E-state index in [9.17, 15) is 4.79 Å². The highest BCUT2D eigenvalue weighted by Gasteiger charge is 2.42. The van der Waals surface area contributed by atoms with E-state index in [1.807, 2.05) is 25.8 Å². The topological polar surface area (TPSA) is 82.3 Å². The summed E-state index contributed by atoms with van der Waals surface area (Å²) in [5.74, 6) is 0.142. The van der Waals surface area contributed by atoms with Gasteiger partial charge in [-0.2, -0.15) is 0 Å². The molecule has 2 saturated heterocycles. The van der Waals surface area contributed by atoms with Crippen LogP contribution in [0.25, 0.3) is 0 Å². The SMILES string of the molecule is CC.CC1=CC2=CC(C)=C1C2(C)CCOCC(=O)N(C)C1CCC(N2CCC(N3CCCC3)CC2)CC1.CCC.CN.CO. The third-order valence-electron chi connectivity index (χ3n) is 9.97. The first kappa shape index (κ1) is 40.5. The molecular formula is C37H70N4O3. The quantitative estimate of drug-likeness (QED) is 0.300. The van der Waals surface area contributed by atoms with Crippen molar-refractivity contribution in [3.05, 3.63) is 34.4 Å². The normalized spacial score (nSPS) is 26.5. The molecule has 1 saturated carbocycles. The number of rotatable bonds is 8. The van der Waals surface area contributed by atoms with Crippen molar-refractivity contribution >= 4 is 5.91 Å². The molecule has 3 aliphatic carbocycles. The van der Waals surface area contributed by atoms with Gasteiger partial charge in [-0.1, -0.05) is 53.2 Å². The Kier molecular flexibility index (Phi) is 19.6. The van der Waals surface area contributed by atoms with Crippen LogP contribution < -0.4 is 5.73 Å². The molecule has 0 spiro atoms. The standard InChI is InChI=1S/C30H47N3O2.C3H8.C2H6.CH5N.CH4O/c1-22-19-24-20-23(2)29(22)30(24,3)13-18-35-21-28(34)31(4)25-7-9-26(10-8-25)33-16-11-27(12-17-33)32-14-5-6-15-32;1-3-2;3*1-2/h19-20,25-27H,5-18,21H2,1-4H3;3H2,1-2H3;1-2H3;2H2,1H3;2H,1H3. The van der Waals surface area contributed by atoms with Crippen molar-refractivity contribution in [3.8, 4) is 0 Å². The summed E-state index contributed by atoms with van der Waals surface area (Å²) in [6.45, 7) is 21.0. The first-order valence-corrected chi connectivity index (χ1v) is 17.7. The molecule has 0 radical (unpaired) electrons. The number of hydrogen-bond acceptors (Lipinski definition) is 6. The largest absolute Gasteiger partial charge is 0.400 e. The number of hydrogen-bond donors (Lipinski definition) is 2. The Balaban J connectivity index is 0.000000980. The summed E-state index contributed by atoms with van der Waals surface area (Å²) in [5, 5.41) is 7.00. The molecule has 0 aromatic heterocycles. The third-order valence-corrected chi connectivity index (χ3v) is 9.97. The first-order chi connectivity index (χ1) is 21.3. The van der Waals surface area contributed by atoms with Gasteiger partial charge in [-0.15, -0.1) is 0 Å². The maximum Gasteiger partial charge on any atom is 0.248 e. The molecule has 0 aromatic rings. The number of nitrogens with two attached hydrogens (primary N) is 1. The van der Waals surface area contributed by atoms with Crippen molar-refractivity contribution in [2.24, 2.45) is 11.1 Å². The minimum Gasteiger partial charge on any atom is -0.400 e. The number of likely N-dealkylation sites (N-methyl/N-ethyl adjacent to an activating group) is 1. The summed E-state index contributed by atoms with van der Waals surface area (Å²) in [4.78, 5) is 20.3. The van der Waals surface area contributed by atoms with E-state index >= 15 is 0 Å². The van der Waals surface area contributed by atoms with Gasteiger partial charge in [-0.05, 0) is 127 Å². The summed E-state index contributed by atoms with van der Waals surface area (Å²) in [6, 6.07) is 1.92. The average molecular weight is 619 g/mol. The van der Waals surface area contributed by atoms with Crippen LogP contribution in [0.2, 0.25) is 0 Å². The molecule has 1 atom stereocenters. The van der Waals surface area contributed by atoms with Gasteiger partial charge < -0.3 is 30.3 Å². The Labute approximate surface area is 271 Å². The van der Waals surface area contributed by atoms with Gasteiger partial charge in [0.1, 0.15) is 6.61 Å². The maximum atomic E-state index is 12.9. The summed E-state index contributed by atoms with van der Waals surface area (Å²) in [6.07, 6.45) is 17.0. The molecule has 5 aliphatic rings. The Bertz CT molecular complexity index is 908. The lowest BCUT2D eigenvalue weighted by atomic mass is 9.79. The molecular weight excluding hydrogens is 548 g/mol. The van der Waals surface area contributed by atoms with E-state index in [-0.39, 0.29) is 17.9 Å². The van der Waals surface area contributed by atoms with Gasteiger partial charge in [-0.25, -0.2) is 0 Å². The second kappa shape index (κ2) is 21.3. The maximum absolute atomic E-state index is 12.9. The first-order valence-electron chi connectivity index (χ1n) is 17.7. The van der Waals surface area contributed by atoms with Crippen molar-refractivity contribution in [2.45, 2.75) is 131 Å². The van der Waals surface area contributed by atoms with Gasteiger partial charge in [-0.3, -0.25) is 4.79 Å². The molecule has 7 heteroatoms. The summed E-state index contributed by atoms with van der Waals surface area (Å²) >= 11 is 0. The van der Waals surface area contributed by atoms with Crippen LogP contribution in [0.5, 0.6) is 0 Å². The number of amides is 1. The van der Waals surface area contributed by atoms with E-state index in [1.54, 1.807) is 0 Å². The zero-order valence-electron chi connectivity index (χ0n) is 30.4. The van der Waals surface area contributed by atoms with Crippen LogP contribution in [0.4, 0.5) is 0 Å². The summed E-state index contributed by atoms with van der Waals surface area (Å²) in [5.41, 5.74) is 10.2. The lowest BCUT2D eigenvalue weighted by Crippen LogP contribution is -2.50. The van der Waals surface area contributed by atoms with E-state index in [0.717, 1.165) is 38.5 Å². The van der Waals surface area contributed by atoms with Gasteiger partial charge in [0.15, 0.2) is 0 Å². The minimum atomic E-state index is 0.0739. The van der Waals surface area contributed by atoms with Gasteiger partial charge in [0.2, 0.25) is 5.91 Å². The van der Waals surface area contributed by atoms with E-state index in [0.29, 0.717) is 12.6 Å². The van der Waals surface area contributed by atoms with Gasteiger partial charge in [0, 0.05) is 44.3 Å². The van der Waals surface area contributed by atoms with Crippen molar-refractivity contribution in [1.82, 2.24) is 14.7 Å². The van der Waals surface area contributed by atoms with Crippen molar-refractivity contribution in [2.75, 3.05) is 60.6 Å². The molecule has 2 aliphatic heterocycles. The van der Waals surface area contributed by atoms with Crippen LogP contribution in [0.1, 0.15) is 113 Å². The molecule has 1 unspecified atom stereocenters. The molecule has 3 fully saturated rings. The second-order valence-electron chi connectivity index (χ2n) is 12.8. The number of piperidine rings is 1. The second-order valence-corrected chi connectivity index (χ2v) is 12.8. The average Bonchev–Trinajstić information content (AvgIpc) is 3.75. The van der Waals surface area contributed by atoms with Crippen LogP contribution in [0.15, 0.2) is 34.4 Å². The number of likely N-dealkylation sites (tertiary alicyclic amines) is 2. The zero-order valence-corrected chi connectivity index (χ0v) is 30.4. The molecule has 2 heterocycles. The highest BCUT2D eigenvalue weighted by Crippen LogP contribution is 2.54. The Morgan fingerprint density at radius 3 is 1.93 bits per heavy atom. The van der Waals surface area contributed by atoms with Crippen LogP contribution in [0, 0.1) is 5.41 Å². The van der Waals surface area contributed by atoms with Crippen LogP contribution in [-0.2, 0) is 9.53 Å². The van der Waals surface area contributed by atoms with Gasteiger partial charge >= 0.3 is 0 Å². The summed E-state index contributed by atoms with van der Waals surface area (Å²) in [7, 11) is 4.49. The van der Waals surface area contributed by atoms with Crippen molar-refractivity contribution in [1.29, 1.82) is 0 Å².